The summed E-state index contributed by atoms with van der Waals surface area (Å²) in [6.45, 7) is 3.47. The number of ether oxygens (including phenoxy) is 2. The SMILES string of the molecule is COc1cc(C#N)ccc1OCC(C)(C)O. The summed E-state index contributed by atoms with van der Waals surface area (Å²) in [6, 6.07) is 6.91. The molecular weight excluding hydrogens is 206 g/mol. The van der Waals surface area contributed by atoms with Crippen molar-refractivity contribution in [1.29, 1.82) is 5.26 Å². The zero-order valence-corrected chi connectivity index (χ0v) is 9.65. The van der Waals surface area contributed by atoms with Crippen LogP contribution < -0.4 is 9.47 Å². The predicted molar refractivity (Wildman–Crippen MR) is 59.5 cm³/mol. The fourth-order valence-corrected chi connectivity index (χ4v) is 1.11. The van der Waals surface area contributed by atoms with E-state index in [9.17, 15) is 5.11 Å². The Hall–Kier alpha value is -1.73. The first kappa shape index (κ1) is 12.3. The maximum absolute atomic E-state index is 9.53. The standard InChI is InChI=1S/C12H15NO3/c1-12(2,14)8-16-10-5-4-9(7-13)6-11(10)15-3/h4-6,14H,8H2,1-3H3. The van der Waals surface area contributed by atoms with Crippen LogP contribution in [-0.2, 0) is 0 Å². The molecule has 0 aliphatic heterocycles. The lowest BCUT2D eigenvalue weighted by molar-refractivity contribution is 0.0276. The first-order valence-electron chi connectivity index (χ1n) is 4.89. The Labute approximate surface area is 95.0 Å². The molecule has 0 fully saturated rings. The molecule has 0 heterocycles. The van der Waals surface area contributed by atoms with E-state index in [0.717, 1.165) is 0 Å². The second kappa shape index (κ2) is 4.86. The monoisotopic (exact) mass is 221 g/mol. The molecule has 0 saturated carbocycles. The highest BCUT2D eigenvalue weighted by Gasteiger charge is 2.15. The zero-order chi connectivity index (χ0) is 12.2. The summed E-state index contributed by atoms with van der Waals surface area (Å²) >= 11 is 0. The third-order valence-corrected chi connectivity index (χ3v) is 1.87. The van der Waals surface area contributed by atoms with Gasteiger partial charge >= 0.3 is 0 Å². The lowest BCUT2D eigenvalue weighted by atomic mass is 10.1. The van der Waals surface area contributed by atoms with E-state index in [0.29, 0.717) is 17.1 Å². The smallest absolute Gasteiger partial charge is 0.162 e. The highest BCUT2D eigenvalue weighted by Crippen LogP contribution is 2.28. The number of nitrogens with zero attached hydrogens (tertiary/aromatic N) is 1. The van der Waals surface area contributed by atoms with E-state index in [4.69, 9.17) is 14.7 Å². The number of hydrogen-bond acceptors (Lipinski definition) is 4. The molecule has 0 atom stereocenters. The minimum absolute atomic E-state index is 0.162. The normalized spacial score (nSPS) is 10.7. The molecule has 0 bridgehead atoms. The van der Waals surface area contributed by atoms with Gasteiger partial charge in [-0.25, -0.2) is 0 Å². The van der Waals surface area contributed by atoms with E-state index in [-0.39, 0.29) is 6.61 Å². The first-order chi connectivity index (χ1) is 7.46. The van der Waals surface area contributed by atoms with E-state index < -0.39 is 5.60 Å². The summed E-state index contributed by atoms with van der Waals surface area (Å²) in [5, 5.41) is 18.2. The number of rotatable bonds is 4. The molecule has 0 aliphatic rings. The summed E-state index contributed by atoms with van der Waals surface area (Å²) in [7, 11) is 1.51. The van der Waals surface area contributed by atoms with E-state index in [1.807, 2.05) is 6.07 Å². The van der Waals surface area contributed by atoms with E-state index in [2.05, 4.69) is 0 Å². The summed E-state index contributed by atoms with van der Waals surface area (Å²) < 4.78 is 10.5. The molecule has 0 amide bonds. The van der Waals surface area contributed by atoms with Crippen LogP contribution >= 0.6 is 0 Å². The van der Waals surface area contributed by atoms with Crippen molar-refractivity contribution >= 4 is 0 Å². The van der Waals surface area contributed by atoms with E-state index >= 15 is 0 Å². The molecule has 86 valence electrons. The van der Waals surface area contributed by atoms with Gasteiger partial charge in [0, 0.05) is 6.07 Å². The summed E-state index contributed by atoms with van der Waals surface area (Å²) in [5.41, 5.74) is -0.397. The van der Waals surface area contributed by atoms with Gasteiger partial charge in [0.25, 0.3) is 0 Å². The Morgan fingerprint density at radius 2 is 2.06 bits per heavy atom. The van der Waals surface area contributed by atoms with Crippen molar-refractivity contribution in [3.05, 3.63) is 23.8 Å². The van der Waals surface area contributed by atoms with Gasteiger partial charge < -0.3 is 14.6 Å². The fourth-order valence-electron chi connectivity index (χ4n) is 1.11. The molecule has 4 nitrogen and oxygen atoms in total. The van der Waals surface area contributed by atoms with E-state index in [1.54, 1.807) is 32.0 Å². The maximum atomic E-state index is 9.53. The van der Waals surface area contributed by atoms with Crippen molar-refractivity contribution in [1.82, 2.24) is 0 Å². The van der Waals surface area contributed by atoms with Crippen LogP contribution in [0.25, 0.3) is 0 Å². The molecule has 1 aromatic carbocycles. The topological polar surface area (TPSA) is 62.5 Å². The third-order valence-electron chi connectivity index (χ3n) is 1.87. The molecule has 0 radical (unpaired) electrons. The van der Waals surface area contributed by atoms with Crippen LogP contribution in [-0.4, -0.2) is 24.4 Å². The molecule has 1 aromatic rings. The molecule has 0 unspecified atom stereocenters. The third kappa shape index (κ3) is 3.44. The van der Waals surface area contributed by atoms with Crippen LogP contribution in [0.3, 0.4) is 0 Å². The zero-order valence-electron chi connectivity index (χ0n) is 9.65. The lowest BCUT2D eigenvalue weighted by Gasteiger charge is -2.19. The molecular formula is C12H15NO3. The average molecular weight is 221 g/mol. The molecule has 4 heteroatoms. The van der Waals surface area contributed by atoms with Crippen molar-refractivity contribution in [3.8, 4) is 17.6 Å². The number of nitriles is 1. The Bertz CT molecular complexity index is 402. The Morgan fingerprint density at radius 3 is 2.56 bits per heavy atom. The quantitative estimate of drug-likeness (QED) is 0.840. The van der Waals surface area contributed by atoms with Crippen LogP contribution in [0.4, 0.5) is 0 Å². The Morgan fingerprint density at radius 1 is 1.38 bits per heavy atom. The number of methoxy groups -OCH3 is 1. The minimum atomic E-state index is -0.904. The molecule has 0 aliphatic carbocycles. The van der Waals surface area contributed by atoms with Crippen LogP contribution in [0.5, 0.6) is 11.5 Å². The van der Waals surface area contributed by atoms with Gasteiger partial charge in [0.1, 0.15) is 6.61 Å². The highest BCUT2D eigenvalue weighted by atomic mass is 16.5. The molecule has 16 heavy (non-hydrogen) atoms. The first-order valence-corrected chi connectivity index (χ1v) is 4.89. The van der Waals surface area contributed by atoms with Crippen molar-refractivity contribution in [2.24, 2.45) is 0 Å². The Kier molecular flexibility index (Phi) is 3.75. The van der Waals surface area contributed by atoms with Gasteiger partial charge in [-0.05, 0) is 26.0 Å². The van der Waals surface area contributed by atoms with Gasteiger partial charge in [-0.15, -0.1) is 0 Å². The molecule has 0 spiro atoms. The Balaban J connectivity index is 2.85. The fraction of sp³-hybridized carbons (Fsp3) is 0.417. The van der Waals surface area contributed by atoms with Crippen LogP contribution in [0.1, 0.15) is 19.4 Å². The molecule has 1 N–H and O–H groups in total. The molecule has 0 aromatic heterocycles. The van der Waals surface area contributed by atoms with Gasteiger partial charge in [-0.2, -0.15) is 5.26 Å². The van der Waals surface area contributed by atoms with Crippen molar-refractivity contribution in [3.63, 3.8) is 0 Å². The average Bonchev–Trinajstić information content (AvgIpc) is 2.25. The lowest BCUT2D eigenvalue weighted by Crippen LogP contribution is -2.27. The number of aliphatic hydroxyl groups is 1. The van der Waals surface area contributed by atoms with Gasteiger partial charge in [0.05, 0.1) is 24.3 Å². The van der Waals surface area contributed by atoms with Gasteiger partial charge in [-0.1, -0.05) is 0 Å². The second-order valence-corrected chi connectivity index (χ2v) is 4.08. The minimum Gasteiger partial charge on any atom is -0.493 e. The predicted octanol–water partition coefficient (Wildman–Crippen LogP) is 1.72. The molecule has 1 rings (SSSR count). The summed E-state index contributed by atoms with van der Waals surface area (Å²) in [4.78, 5) is 0. The number of benzene rings is 1. The highest BCUT2D eigenvalue weighted by molar-refractivity contribution is 5.46. The van der Waals surface area contributed by atoms with E-state index in [1.165, 1.54) is 7.11 Å². The van der Waals surface area contributed by atoms with Gasteiger partial charge in [0.2, 0.25) is 0 Å². The number of hydrogen-bond donors (Lipinski definition) is 1. The van der Waals surface area contributed by atoms with Gasteiger partial charge in [0.15, 0.2) is 11.5 Å². The molecule has 0 saturated heterocycles. The maximum Gasteiger partial charge on any atom is 0.162 e. The summed E-state index contributed by atoms with van der Waals surface area (Å²) in [5.74, 6) is 1.01. The van der Waals surface area contributed by atoms with Crippen LogP contribution in [0.2, 0.25) is 0 Å². The van der Waals surface area contributed by atoms with Crippen molar-refractivity contribution in [2.45, 2.75) is 19.4 Å². The van der Waals surface area contributed by atoms with Crippen LogP contribution in [0, 0.1) is 11.3 Å². The van der Waals surface area contributed by atoms with Crippen molar-refractivity contribution < 1.29 is 14.6 Å². The van der Waals surface area contributed by atoms with Gasteiger partial charge in [-0.3, -0.25) is 0 Å². The van der Waals surface area contributed by atoms with Crippen LogP contribution in [0.15, 0.2) is 18.2 Å². The second-order valence-electron chi connectivity index (χ2n) is 4.08. The summed E-state index contributed by atoms with van der Waals surface area (Å²) in [6.07, 6.45) is 0. The van der Waals surface area contributed by atoms with Crippen molar-refractivity contribution in [2.75, 3.05) is 13.7 Å². The largest absolute Gasteiger partial charge is 0.493 e.